The minimum absolute atomic E-state index is 0.261. The van der Waals surface area contributed by atoms with Gasteiger partial charge in [-0.15, -0.1) is 0 Å². The standard InChI is InChI=1S/C17H16ClN5OS/c18-11-4-6-19-16(8-11)22-15-3-1-2-13(21-15)14-9-20-17(25-14)23-7-5-12(24)10-23/h1-4,6,8-9,12,24H,5,7,10H2,(H,19,21,22). The third-order valence-electron chi connectivity index (χ3n) is 3.91. The normalized spacial score (nSPS) is 17.0. The minimum atomic E-state index is -0.261. The van der Waals surface area contributed by atoms with Gasteiger partial charge in [0.25, 0.3) is 0 Å². The number of nitrogens with zero attached hydrogens (tertiary/aromatic N) is 4. The maximum atomic E-state index is 9.68. The van der Waals surface area contributed by atoms with E-state index in [1.54, 1.807) is 29.7 Å². The maximum absolute atomic E-state index is 9.68. The predicted molar refractivity (Wildman–Crippen MR) is 101 cm³/mol. The van der Waals surface area contributed by atoms with Crippen molar-refractivity contribution in [1.29, 1.82) is 0 Å². The first-order chi connectivity index (χ1) is 12.2. The second-order valence-corrected chi connectivity index (χ2v) is 7.23. The van der Waals surface area contributed by atoms with Crippen LogP contribution in [0.15, 0.2) is 42.7 Å². The summed E-state index contributed by atoms with van der Waals surface area (Å²) in [6.07, 6.45) is 4.01. The third-order valence-corrected chi connectivity index (χ3v) is 5.22. The van der Waals surface area contributed by atoms with Crippen LogP contribution in [-0.2, 0) is 0 Å². The number of pyridine rings is 2. The zero-order valence-corrected chi connectivity index (χ0v) is 14.8. The Bertz CT molecular complexity index is 887. The van der Waals surface area contributed by atoms with Crippen LogP contribution in [-0.4, -0.2) is 39.3 Å². The molecule has 3 aromatic rings. The smallest absolute Gasteiger partial charge is 0.185 e. The van der Waals surface area contributed by atoms with Crippen molar-refractivity contribution in [2.24, 2.45) is 0 Å². The lowest BCUT2D eigenvalue weighted by atomic mass is 10.3. The summed E-state index contributed by atoms with van der Waals surface area (Å²) in [6, 6.07) is 9.25. The summed E-state index contributed by atoms with van der Waals surface area (Å²) in [5.41, 5.74) is 0.843. The molecule has 0 spiro atoms. The first-order valence-electron chi connectivity index (χ1n) is 7.92. The van der Waals surface area contributed by atoms with Crippen LogP contribution in [0, 0.1) is 0 Å². The molecule has 1 unspecified atom stereocenters. The number of nitrogens with one attached hydrogen (secondary N) is 1. The van der Waals surface area contributed by atoms with Gasteiger partial charge in [0.2, 0.25) is 0 Å². The molecule has 0 amide bonds. The van der Waals surface area contributed by atoms with Crippen LogP contribution in [0.25, 0.3) is 10.6 Å². The van der Waals surface area contributed by atoms with E-state index in [0.29, 0.717) is 23.2 Å². The summed E-state index contributed by atoms with van der Waals surface area (Å²) < 4.78 is 0. The van der Waals surface area contributed by atoms with Crippen LogP contribution in [0.4, 0.5) is 16.8 Å². The molecule has 1 atom stereocenters. The zero-order valence-electron chi connectivity index (χ0n) is 13.3. The van der Waals surface area contributed by atoms with E-state index in [9.17, 15) is 5.11 Å². The van der Waals surface area contributed by atoms with Gasteiger partial charge in [-0.1, -0.05) is 29.0 Å². The monoisotopic (exact) mass is 373 g/mol. The molecule has 0 saturated carbocycles. The Kier molecular flexibility index (Phi) is 4.52. The molecule has 1 aliphatic rings. The van der Waals surface area contributed by atoms with Gasteiger partial charge in [0, 0.05) is 30.5 Å². The van der Waals surface area contributed by atoms with E-state index >= 15 is 0 Å². The van der Waals surface area contributed by atoms with Crippen LogP contribution in [0.1, 0.15) is 6.42 Å². The van der Waals surface area contributed by atoms with E-state index in [4.69, 9.17) is 11.6 Å². The Morgan fingerprint density at radius 1 is 1.24 bits per heavy atom. The summed E-state index contributed by atoms with van der Waals surface area (Å²) in [5, 5.41) is 14.4. The van der Waals surface area contributed by atoms with Gasteiger partial charge < -0.3 is 15.3 Å². The molecule has 0 bridgehead atoms. The highest BCUT2D eigenvalue weighted by atomic mass is 35.5. The van der Waals surface area contributed by atoms with Crippen molar-refractivity contribution in [3.63, 3.8) is 0 Å². The predicted octanol–water partition coefficient (Wildman–Crippen LogP) is 3.57. The van der Waals surface area contributed by atoms with Crippen LogP contribution in [0.2, 0.25) is 5.02 Å². The number of halogens is 1. The zero-order chi connectivity index (χ0) is 17.2. The van der Waals surface area contributed by atoms with Gasteiger partial charge in [0.05, 0.1) is 16.7 Å². The molecule has 25 heavy (non-hydrogen) atoms. The van der Waals surface area contributed by atoms with E-state index in [0.717, 1.165) is 28.7 Å². The lowest BCUT2D eigenvalue weighted by Crippen LogP contribution is -2.20. The van der Waals surface area contributed by atoms with E-state index in [1.807, 2.05) is 24.4 Å². The molecule has 2 N–H and O–H groups in total. The SMILES string of the molecule is OC1CCN(c2ncc(-c3cccc(Nc4cc(Cl)ccn4)n3)s2)C1. The molecule has 0 radical (unpaired) electrons. The van der Waals surface area contributed by atoms with Crippen LogP contribution in [0.5, 0.6) is 0 Å². The average molecular weight is 374 g/mol. The molecule has 8 heteroatoms. The van der Waals surface area contributed by atoms with Gasteiger partial charge in [-0.05, 0) is 30.7 Å². The second kappa shape index (κ2) is 6.95. The molecule has 1 aliphatic heterocycles. The summed E-state index contributed by atoms with van der Waals surface area (Å²) in [4.78, 5) is 16.4. The summed E-state index contributed by atoms with van der Waals surface area (Å²) in [7, 11) is 0. The number of aromatic nitrogens is 3. The van der Waals surface area contributed by atoms with Crippen LogP contribution in [0.3, 0.4) is 0 Å². The van der Waals surface area contributed by atoms with E-state index in [2.05, 4.69) is 25.2 Å². The molecular formula is C17H16ClN5OS. The highest BCUT2D eigenvalue weighted by Crippen LogP contribution is 2.32. The Labute approximate surface area is 154 Å². The largest absolute Gasteiger partial charge is 0.391 e. The van der Waals surface area contributed by atoms with Gasteiger partial charge >= 0.3 is 0 Å². The Morgan fingerprint density at radius 2 is 2.16 bits per heavy atom. The number of aliphatic hydroxyl groups excluding tert-OH is 1. The number of hydrogen-bond acceptors (Lipinski definition) is 7. The lowest BCUT2D eigenvalue weighted by Gasteiger charge is -2.12. The van der Waals surface area contributed by atoms with Crippen molar-refractivity contribution < 1.29 is 5.11 Å². The fourth-order valence-corrected chi connectivity index (χ4v) is 3.77. The van der Waals surface area contributed by atoms with E-state index in [1.165, 1.54) is 0 Å². The van der Waals surface area contributed by atoms with Gasteiger partial charge in [0.15, 0.2) is 5.13 Å². The summed E-state index contributed by atoms with van der Waals surface area (Å²) in [6.45, 7) is 1.48. The van der Waals surface area contributed by atoms with E-state index < -0.39 is 0 Å². The van der Waals surface area contributed by atoms with Crippen molar-refractivity contribution in [3.8, 4) is 10.6 Å². The van der Waals surface area contributed by atoms with Gasteiger partial charge in [-0.3, -0.25) is 0 Å². The minimum Gasteiger partial charge on any atom is -0.391 e. The first-order valence-corrected chi connectivity index (χ1v) is 9.12. The van der Waals surface area contributed by atoms with Crippen molar-refractivity contribution >= 4 is 39.7 Å². The number of anilines is 3. The molecule has 0 aliphatic carbocycles. The highest BCUT2D eigenvalue weighted by molar-refractivity contribution is 7.18. The second-order valence-electron chi connectivity index (χ2n) is 5.79. The first kappa shape index (κ1) is 16.3. The fourth-order valence-electron chi connectivity index (χ4n) is 2.69. The molecule has 3 aromatic heterocycles. The van der Waals surface area contributed by atoms with Crippen molar-refractivity contribution in [3.05, 3.63) is 47.7 Å². The molecule has 1 fully saturated rings. The van der Waals surface area contributed by atoms with Crippen molar-refractivity contribution in [1.82, 2.24) is 15.0 Å². The molecule has 1 saturated heterocycles. The topological polar surface area (TPSA) is 74.2 Å². The van der Waals surface area contributed by atoms with Gasteiger partial charge in [0.1, 0.15) is 11.6 Å². The van der Waals surface area contributed by atoms with Gasteiger partial charge in [-0.2, -0.15) is 0 Å². The van der Waals surface area contributed by atoms with Crippen molar-refractivity contribution in [2.75, 3.05) is 23.3 Å². The fraction of sp³-hybridized carbons (Fsp3) is 0.235. The molecule has 0 aromatic carbocycles. The number of β-amino-alcohol motifs (C(OH)–C–C–N with tert-alkyl or cyclic N) is 1. The number of thiazole rings is 1. The third kappa shape index (κ3) is 3.73. The Morgan fingerprint density at radius 3 is 2.96 bits per heavy atom. The van der Waals surface area contributed by atoms with Gasteiger partial charge in [-0.25, -0.2) is 15.0 Å². The lowest BCUT2D eigenvalue weighted by molar-refractivity contribution is 0.198. The number of aliphatic hydroxyl groups is 1. The molecule has 4 rings (SSSR count). The molecule has 4 heterocycles. The summed E-state index contributed by atoms with van der Waals surface area (Å²) >= 11 is 7.56. The molecule has 6 nitrogen and oxygen atoms in total. The average Bonchev–Trinajstić information content (AvgIpc) is 3.24. The van der Waals surface area contributed by atoms with Crippen LogP contribution < -0.4 is 10.2 Å². The number of rotatable bonds is 4. The Hall–Kier alpha value is -2.22. The summed E-state index contributed by atoms with van der Waals surface area (Å²) in [5.74, 6) is 1.34. The van der Waals surface area contributed by atoms with Crippen molar-refractivity contribution in [2.45, 2.75) is 12.5 Å². The number of hydrogen-bond donors (Lipinski definition) is 2. The van der Waals surface area contributed by atoms with Crippen LogP contribution >= 0.6 is 22.9 Å². The maximum Gasteiger partial charge on any atom is 0.185 e. The quantitative estimate of drug-likeness (QED) is 0.728. The molecular weight excluding hydrogens is 358 g/mol. The Balaban J connectivity index is 1.54. The van der Waals surface area contributed by atoms with E-state index in [-0.39, 0.29) is 6.10 Å². The highest BCUT2D eigenvalue weighted by Gasteiger charge is 2.22. The molecule has 128 valence electrons.